The molecule has 2 heterocycles. The van der Waals surface area contributed by atoms with E-state index in [1.165, 1.54) is 0 Å². The fourth-order valence-electron chi connectivity index (χ4n) is 5.62. The summed E-state index contributed by atoms with van der Waals surface area (Å²) in [6.07, 6.45) is -0.510. The van der Waals surface area contributed by atoms with Crippen molar-refractivity contribution in [1.29, 1.82) is 0 Å². The molecule has 0 aromatic heterocycles. The van der Waals surface area contributed by atoms with Crippen LogP contribution in [0, 0.1) is 29.6 Å². The molecule has 0 bridgehead atoms. The van der Waals surface area contributed by atoms with E-state index in [9.17, 15) is 9.59 Å². The first-order chi connectivity index (χ1) is 14.3. The lowest BCUT2D eigenvalue weighted by molar-refractivity contribution is 0.0268. The number of amides is 2. The second-order valence-electron chi connectivity index (χ2n) is 9.89. The van der Waals surface area contributed by atoms with Crippen LogP contribution in [0.5, 0.6) is 0 Å². The number of fused-ring (bicyclic) bond motifs is 3. The van der Waals surface area contributed by atoms with Crippen LogP contribution in [0.1, 0.15) is 26.3 Å². The average Bonchev–Trinajstić information content (AvgIpc) is 3.36. The zero-order valence-corrected chi connectivity index (χ0v) is 18.1. The maximum atomic E-state index is 12.7. The molecule has 7 heteroatoms. The van der Waals surface area contributed by atoms with Gasteiger partial charge in [-0.25, -0.2) is 9.59 Å². The molecule has 5 atom stereocenters. The summed E-state index contributed by atoms with van der Waals surface area (Å²) in [6.45, 7) is 9.28. The van der Waals surface area contributed by atoms with Crippen LogP contribution >= 0.6 is 0 Å². The first kappa shape index (κ1) is 21.0. The van der Waals surface area contributed by atoms with E-state index >= 15 is 0 Å². The minimum Gasteiger partial charge on any atom is -0.445 e. The lowest BCUT2D eigenvalue weighted by Gasteiger charge is -2.27. The number of hydrogen-bond donors (Lipinski definition) is 1. The van der Waals surface area contributed by atoms with Crippen molar-refractivity contribution < 1.29 is 19.1 Å². The van der Waals surface area contributed by atoms with Crippen LogP contribution in [0.25, 0.3) is 0 Å². The summed E-state index contributed by atoms with van der Waals surface area (Å²) in [5.41, 5.74) is 6.63. The van der Waals surface area contributed by atoms with Crippen LogP contribution in [0.2, 0.25) is 0 Å². The van der Waals surface area contributed by atoms with Crippen LogP contribution in [0.15, 0.2) is 30.3 Å². The van der Waals surface area contributed by atoms with Crippen LogP contribution in [-0.2, 0) is 16.1 Å². The summed E-state index contributed by atoms with van der Waals surface area (Å²) in [6, 6.07) is 9.71. The van der Waals surface area contributed by atoms with Crippen LogP contribution < -0.4 is 5.73 Å². The lowest BCUT2D eigenvalue weighted by atomic mass is 9.88. The minimum absolute atomic E-state index is 0.249. The second kappa shape index (κ2) is 8.10. The van der Waals surface area contributed by atoms with E-state index in [0.717, 1.165) is 5.56 Å². The molecule has 0 spiro atoms. The van der Waals surface area contributed by atoms with Gasteiger partial charge in [0.15, 0.2) is 0 Å². The van der Waals surface area contributed by atoms with Crippen molar-refractivity contribution in [2.75, 3.05) is 32.7 Å². The number of ether oxygens (including phenoxy) is 2. The van der Waals surface area contributed by atoms with Crippen molar-refractivity contribution >= 4 is 12.2 Å². The standard InChI is InChI=1S/C23H33N3O4/c1-23(2,3)30-22(28)26-11-18-16(9-24)17-10-25(12-19(17)20(18)13-26)21(27)29-14-15-7-5-4-6-8-15/h4-8,16-20H,9-14,24H2,1-3H3/t16?,17?,18-,19?,20-/m1/s1. The third kappa shape index (κ3) is 4.13. The van der Waals surface area contributed by atoms with E-state index in [0.29, 0.717) is 62.3 Å². The van der Waals surface area contributed by atoms with Gasteiger partial charge in [-0.1, -0.05) is 30.3 Å². The van der Waals surface area contributed by atoms with Gasteiger partial charge in [-0.05, 0) is 62.5 Å². The summed E-state index contributed by atoms with van der Waals surface area (Å²) in [4.78, 5) is 28.9. The van der Waals surface area contributed by atoms with Gasteiger partial charge in [0.25, 0.3) is 0 Å². The van der Waals surface area contributed by atoms with Crippen molar-refractivity contribution in [3.8, 4) is 0 Å². The largest absolute Gasteiger partial charge is 0.445 e. The predicted octanol–water partition coefficient (Wildman–Crippen LogP) is 2.94. The molecule has 1 saturated carbocycles. The average molecular weight is 416 g/mol. The number of rotatable bonds is 3. The molecule has 30 heavy (non-hydrogen) atoms. The summed E-state index contributed by atoms with van der Waals surface area (Å²) in [5, 5.41) is 0. The van der Waals surface area contributed by atoms with Crippen LogP contribution in [0.3, 0.4) is 0 Å². The highest BCUT2D eigenvalue weighted by Crippen LogP contribution is 2.52. The Labute approximate surface area is 178 Å². The van der Waals surface area contributed by atoms with E-state index in [-0.39, 0.29) is 18.8 Å². The Bertz CT molecular complexity index is 778. The maximum absolute atomic E-state index is 12.7. The van der Waals surface area contributed by atoms with Gasteiger partial charge in [-0.2, -0.15) is 0 Å². The molecule has 1 aromatic carbocycles. The molecule has 164 valence electrons. The van der Waals surface area contributed by atoms with Gasteiger partial charge in [-0.3, -0.25) is 0 Å². The van der Waals surface area contributed by atoms with E-state index < -0.39 is 5.60 Å². The molecule has 2 amide bonds. The molecular weight excluding hydrogens is 382 g/mol. The van der Waals surface area contributed by atoms with E-state index in [1.807, 2.05) is 60.9 Å². The first-order valence-corrected chi connectivity index (χ1v) is 10.9. The zero-order chi connectivity index (χ0) is 21.5. The highest BCUT2D eigenvalue weighted by Gasteiger charge is 2.58. The Morgan fingerprint density at radius 2 is 1.47 bits per heavy atom. The normalized spacial score (nSPS) is 30.2. The van der Waals surface area contributed by atoms with Crippen LogP contribution in [0.4, 0.5) is 9.59 Å². The van der Waals surface area contributed by atoms with Gasteiger partial charge in [0.1, 0.15) is 12.2 Å². The number of nitrogens with two attached hydrogens (primary N) is 1. The van der Waals surface area contributed by atoms with Gasteiger partial charge < -0.3 is 25.0 Å². The third-order valence-corrected chi connectivity index (χ3v) is 6.86. The summed E-state index contributed by atoms with van der Waals surface area (Å²) in [5.74, 6) is 1.82. The number of nitrogens with zero attached hydrogens (tertiary/aromatic N) is 2. The summed E-state index contributed by atoms with van der Waals surface area (Å²) >= 11 is 0. The highest BCUT2D eigenvalue weighted by atomic mass is 16.6. The molecule has 3 aliphatic rings. The molecule has 2 aliphatic heterocycles. The van der Waals surface area contributed by atoms with Crippen molar-refractivity contribution in [2.45, 2.75) is 33.0 Å². The molecule has 7 nitrogen and oxygen atoms in total. The van der Waals surface area contributed by atoms with E-state index in [2.05, 4.69) is 0 Å². The monoisotopic (exact) mass is 415 g/mol. The zero-order valence-electron chi connectivity index (χ0n) is 18.1. The lowest BCUT2D eigenvalue weighted by Crippen LogP contribution is -2.38. The van der Waals surface area contributed by atoms with E-state index in [1.54, 1.807) is 0 Å². The maximum Gasteiger partial charge on any atom is 0.410 e. The van der Waals surface area contributed by atoms with Gasteiger partial charge in [-0.15, -0.1) is 0 Å². The second-order valence-corrected chi connectivity index (χ2v) is 9.89. The third-order valence-electron chi connectivity index (χ3n) is 6.86. The molecule has 2 saturated heterocycles. The number of carbonyl (C=O) groups excluding carboxylic acids is 2. The fraction of sp³-hybridized carbons (Fsp3) is 0.652. The van der Waals surface area contributed by atoms with Gasteiger partial charge >= 0.3 is 12.2 Å². The van der Waals surface area contributed by atoms with Crippen LogP contribution in [-0.4, -0.2) is 60.3 Å². The molecule has 1 aliphatic carbocycles. The topological polar surface area (TPSA) is 85.1 Å². The molecule has 3 fully saturated rings. The predicted molar refractivity (Wildman–Crippen MR) is 113 cm³/mol. The van der Waals surface area contributed by atoms with Crippen molar-refractivity contribution in [1.82, 2.24) is 9.80 Å². The molecular formula is C23H33N3O4. The van der Waals surface area contributed by atoms with E-state index in [4.69, 9.17) is 15.2 Å². The quantitative estimate of drug-likeness (QED) is 0.820. The SMILES string of the molecule is CC(C)(C)OC(=O)N1C[C@@H]2C(CN)C3CN(C(=O)OCc4ccccc4)CC3[C@@H]2C1. The summed E-state index contributed by atoms with van der Waals surface area (Å²) in [7, 11) is 0. The van der Waals surface area contributed by atoms with Gasteiger partial charge in [0.2, 0.25) is 0 Å². The molecule has 0 radical (unpaired) electrons. The fourth-order valence-corrected chi connectivity index (χ4v) is 5.62. The Morgan fingerprint density at radius 3 is 2.00 bits per heavy atom. The number of likely N-dealkylation sites (tertiary alicyclic amines) is 2. The minimum atomic E-state index is -0.503. The molecule has 1 aromatic rings. The Kier molecular flexibility index (Phi) is 5.66. The Balaban J connectivity index is 1.37. The molecule has 3 unspecified atom stereocenters. The van der Waals surface area contributed by atoms with Crippen molar-refractivity contribution in [3.05, 3.63) is 35.9 Å². The number of benzene rings is 1. The van der Waals surface area contributed by atoms with Crippen molar-refractivity contribution in [2.24, 2.45) is 35.3 Å². The summed E-state index contributed by atoms with van der Waals surface area (Å²) < 4.78 is 11.1. The van der Waals surface area contributed by atoms with Gasteiger partial charge in [0.05, 0.1) is 0 Å². The highest BCUT2D eigenvalue weighted by molar-refractivity contribution is 5.69. The van der Waals surface area contributed by atoms with Gasteiger partial charge in [0, 0.05) is 26.2 Å². The number of carbonyl (C=O) groups is 2. The molecule has 2 N–H and O–H groups in total. The molecule has 4 rings (SSSR count). The number of hydrogen-bond acceptors (Lipinski definition) is 5. The smallest absolute Gasteiger partial charge is 0.410 e. The van der Waals surface area contributed by atoms with Crippen molar-refractivity contribution in [3.63, 3.8) is 0 Å². The Morgan fingerprint density at radius 1 is 0.933 bits per heavy atom. The first-order valence-electron chi connectivity index (χ1n) is 10.9. The Hall–Kier alpha value is -2.28.